The van der Waals surface area contributed by atoms with Crippen molar-refractivity contribution in [3.8, 4) is 0 Å². The molecule has 0 aliphatic heterocycles. The summed E-state index contributed by atoms with van der Waals surface area (Å²) in [6.07, 6.45) is 0. The van der Waals surface area contributed by atoms with E-state index < -0.39 is 0 Å². The number of rotatable bonds is 3. The first-order valence-corrected chi connectivity index (χ1v) is 7.81. The second-order valence-corrected chi connectivity index (χ2v) is 6.47. The molecule has 2 aromatic heterocycles. The van der Waals surface area contributed by atoms with Crippen LogP contribution in [0.4, 0.5) is 0 Å². The summed E-state index contributed by atoms with van der Waals surface area (Å²) in [6, 6.07) is 11.7. The zero-order valence-corrected chi connectivity index (χ0v) is 12.2. The molecule has 1 aromatic carbocycles. The smallest absolute Gasteiger partial charge is 0.263 e. The van der Waals surface area contributed by atoms with E-state index in [0.717, 1.165) is 15.0 Å². The molecule has 0 bridgehead atoms. The van der Waals surface area contributed by atoms with E-state index >= 15 is 0 Å². The number of hydrogen-bond acceptors (Lipinski definition) is 3. The van der Waals surface area contributed by atoms with Gasteiger partial charge in [0.1, 0.15) is 4.88 Å². The molecule has 0 spiro atoms. The van der Waals surface area contributed by atoms with Gasteiger partial charge in [-0.15, -0.1) is 22.7 Å². The van der Waals surface area contributed by atoms with Gasteiger partial charge in [-0.05, 0) is 17.5 Å². The third-order valence-corrected chi connectivity index (χ3v) is 5.29. The Labute approximate surface area is 123 Å². The highest BCUT2D eigenvalue weighted by Gasteiger charge is 2.16. The molecule has 96 valence electrons. The maximum atomic E-state index is 12.1. The Morgan fingerprint density at radius 1 is 1.21 bits per heavy atom. The Morgan fingerprint density at radius 3 is 2.79 bits per heavy atom. The summed E-state index contributed by atoms with van der Waals surface area (Å²) in [4.78, 5) is 13.9. The highest BCUT2D eigenvalue weighted by molar-refractivity contribution is 7.21. The first kappa shape index (κ1) is 12.7. The average molecular weight is 308 g/mol. The molecule has 0 aliphatic carbocycles. The molecular formula is C14H10ClNOS2. The zero-order chi connectivity index (χ0) is 13.2. The Balaban J connectivity index is 1.83. The van der Waals surface area contributed by atoms with E-state index in [2.05, 4.69) is 5.32 Å². The molecular weight excluding hydrogens is 298 g/mol. The van der Waals surface area contributed by atoms with Crippen LogP contribution in [0.25, 0.3) is 10.1 Å². The van der Waals surface area contributed by atoms with Crippen LogP contribution in [-0.2, 0) is 6.54 Å². The number of nitrogens with one attached hydrogen (secondary N) is 1. The summed E-state index contributed by atoms with van der Waals surface area (Å²) in [7, 11) is 0. The monoisotopic (exact) mass is 307 g/mol. The summed E-state index contributed by atoms with van der Waals surface area (Å²) in [5.41, 5.74) is 0. The van der Waals surface area contributed by atoms with Gasteiger partial charge in [0.25, 0.3) is 5.91 Å². The van der Waals surface area contributed by atoms with Gasteiger partial charge < -0.3 is 5.32 Å². The number of fused-ring (bicyclic) bond motifs is 1. The van der Waals surface area contributed by atoms with Crippen molar-refractivity contribution in [1.82, 2.24) is 5.32 Å². The predicted molar refractivity (Wildman–Crippen MR) is 82.3 cm³/mol. The number of carbonyl (C=O) groups is 1. The Bertz CT molecular complexity index is 718. The third kappa shape index (κ3) is 2.52. The standard InChI is InChI=1S/C14H10ClNOS2/c15-12-10-5-1-2-6-11(10)19-13(12)14(17)16-8-9-4-3-7-18-9/h1-7H,8H2,(H,16,17). The first-order valence-electron chi connectivity index (χ1n) is 5.73. The van der Waals surface area contributed by atoms with Gasteiger partial charge in [0.15, 0.2) is 0 Å². The lowest BCUT2D eigenvalue weighted by Crippen LogP contribution is -2.21. The first-order chi connectivity index (χ1) is 9.25. The Hall–Kier alpha value is -1.36. The van der Waals surface area contributed by atoms with Crippen LogP contribution in [-0.4, -0.2) is 5.91 Å². The minimum Gasteiger partial charge on any atom is -0.346 e. The van der Waals surface area contributed by atoms with Crippen molar-refractivity contribution in [3.05, 3.63) is 56.6 Å². The van der Waals surface area contributed by atoms with Crippen molar-refractivity contribution in [2.75, 3.05) is 0 Å². The summed E-state index contributed by atoms with van der Waals surface area (Å²) in [5.74, 6) is -0.111. The highest BCUT2D eigenvalue weighted by atomic mass is 35.5. The lowest BCUT2D eigenvalue weighted by Gasteiger charge is -2.01. The molecule has 1 N–H and O–H groups in total. The van der Waals surface area contributed by atoms with Gasteiger partial charge in [0.2, 0.25) is 0 Å². The lowest BCUT2D eigenvalue weighted by atomic mass is 10.2. The number of thiophene rings is 2. The summed E-state index contributed by atoms with van der Waals surface area (Å²) in [5, 5.41) is 6.38. The molecule has 3 rings (SSSR count). The van der Waals surface area contributed by atoms with Gasteiger partial charge in [-0.25, -0.2) is 0 Å². The van der Waals surface area contributed by atoms with Crippen molar-refractivity contribution in [3.63, 3.8) is 0 Å². The van der Waals surface area contributed by atoms with Gasteiger partial charge in [-0.3, -0.25) is 4.79 Å². The van der Waals surface area contributed by atoms with Crippen LogP contribution >= 0.6 is 34.3 Å². The van der Waals surface area contributed by atoms with E-state index in [1.54, 1.807) is 11.3 Å². The van der Waals surface area contributed by atoms with Crippen LogP contribution in [0.2, 0.25) is 5.02 Å². The summed E-state index contributed by atoms with van der Waals surface area (Å²) < 4.78 is 1.04. The number of benzene rings is 1. The Morgan fingerprint density at radius 2 is 2.05 bits per heavy atom. The fourth-order valence-electron chi connectivity index (χ4n) is 1.82. The van der Waals surface area contributed by atoms with Crippen molar-refractivity contribution in [2.24, 2.45) is 0 Å². The maximum Gasteiger partial charge on any atom is 0.263 e. The number of halogens is 1. The van der Waals surface area contributed by atoms with Crippen LogP contribution in [0.1, 0.15) is 14.5 Å². The van der Waals surface area contributed by atoms with E-state index in [0.29, 0.717) is 16.4 Å². The van der Waals surface area contributed by atoms with E-state index in [4.69, 9.17) is 11.6 Å². The zero-order valence-electron chi connectivity index (χ0n) is 9.85. The third-order valence-electron chi connectivity index (χ3n) is 2.74. The molecule has 0 radical (unpaired) electrons. The number of carbonyl (C=O) groups excluding carboxylic acids is 1. The van der Waals surface area contributed by atoms with E-state index in [-0.39, 0.29) is 5.91 Å². The lowest BCUT2D eigenvalue weighted by molar-refractivity contribution is 0.0955. The number of hydrogen-bond donors (Lipinski definition) is 1. The fourth-order valence-corrected chi connectivity index (χ4v) is 3.90. The molecule has 19 heavy (non-hydrogen) atoms. The largest absolute Gasteiger partial charge is 0.346 e. The summed E-state index contributed by atoms with van der Waals surface area (Å²) in [6.45, 7) is 0.543. The molecule has 1 amide bonds. The van der Waals surface area contributed by atoms with Crippen LogP contribution < -0.4 is 5.32 Å². The van der Waals surface area contributed by atoms with Crippen LogP contribution in [0, 0.1) is 0 Å². The SMILES string of the molecule is O=C(NCc1cccs1)c1sc2ccccc2c1Cl. The highest BCUT2D eigenvalue weighted by Crippen LogP contribution is 2.34. The molecule has 5 heteroatoms. The van der Waals surface area contributed by atoms with Gasteiger partial charge in [0.05, 0.1) is 11.6 Å². The summed E-state index contributed by atoms with van der Waals surface area (Å²) >= 11 is 9.32. The normalized spacial score (nSPS) is 10.8. The molecule has 0 unspecified atom stereocenters. The minimum absolute atomic E-state index is 0.111. The average Bonchev–Trinajstić information content (AvgIpc) is 3.05. The van der Waals surface area contributed by atoms with Gasteiger partial charge in [0, 0.05) is 15.0 Å². The molecule has 0 aliphatic rings. The van der Waals surface area contributed by atoms with Crippen LogP contribution in [0.3, 0.4) is 0 Å². The van der Waals surface area contributed by atoms with E-state index in [1.807, 2.05) is 41.8 Å². The molecule has 0 saturated carbocycles. The molecule has 2 nitrogen and oxygen atoms in total. The topological polar surface area (TPSA) is 29.1 Å². The van der Waals surface area contributed by atoms with E-state index in [1.165, 1.54) is 11.3 Å². The van der Waals surface area contributed by atoms with Crippen LogP contribution in [0.5, 0.6) is 0 Å². The fraction of sp³-hybridized carbons (Fsp3) is 0.0714. The van der Waals surface area contributed by atoms with Gasteiger partial charge in [-0.2, -0.15) is 0 Å². The molecule has 0 saturated heterocycles. The predicted octanol–water partition coefficient (Wildman–Crippen LogP) is 4.55. The van der Waals surface area contributed by atoms with Gasteiger partial charge >= 0.3 is 0 Å². The quantitative estimate of drug-likeness (QED) is 0.756. The van der Waals surface area contributed by atoms with Crippen molar-refractivity contribution in [2.45, 2.75) is 6.54 Å². The van der Waals surface area contributed by atoms with Crippen molar-refractivity contribution >= 4 is 50.3 Å². The molecule has 0 atom stereocenters. The van der Waals surface area contributed by atoms with Crippen LogP contribution in [0.15, 0.2) is 41.8 Å². The van der Waals surface area contributed by atoms with Gasteiger partial charge in [-0.1, -0.05) is 35.9 Å². The molecule has 2 heterocycles. The van der Waals surface area contributed by atoms with Crippen molar-refractivity contribution < 1.29 is 4.79 Å². The second-order valence-electron chi connectivity index (χ2n) is 4.00. The minimum atomic E-state index is -0.111. The van der Waals surface area contributed by atoms with E-state index in [9.17, 15) is 4.79 Å². The Kier molecular flexibility index (Phi) is 3.55. The molecule has 3 aromatic rings. The second kappa shape index (κ2) is 5.33. The number of amides is 1. The molecule has 0 fully saturated rings. The van der Waals surface area contributed by atoms with Crippen molar-refractivity contribution in [1.29, 1.82) is 0 Å². The maximum absolute atomic E-state index is 12.1.